The number of rotatable bonds is 4. The molecule has 92 valence electrons. The van der Waals surface area contributed by atoms with E-state index in [0.717, 1.165) is 12.8 Å². The highest BCUT2D eigenvalue weighted by Gasteiger charge is 2.29. The van der Waals surface area contributed by atoms with Gasteiger partial charge in [0.05, 0.1) is 15.2 Å². The van der Waals surface area contributed by atoms with Crippen LogP contribution in [0.2, 0.25) is 5.02 Å². The van der Waals surface area contributed by atoms with Gasteiger partial charge in [-0.1, -0.05) is 17.7 Å². The van der Waals surface area contributed by atoms with Crippen LogP contribution in [0.4, 0.5) is 5.69 Å². The molecule has 1 amide bonds. The van der Waals surface area contributed by atoms with Crippen molar-refractivity contribution in [3.05, 3.63) is 27.7 Å². The van der Waals surface area contributed by atoms with E-state index in [1.807, 2.05) is 0 Å². The Hall–Kier alpha value is -0.580. The highest BCUT2D eigenvalue weighted by atomic mass is 79.9. The molecule has 0 heterocycles. The molecule has 17 heavy (non-hydrogen) atoms. The Labute approximate surface area is 114 Å². The highest BCUT2D eigenvalue weighted by molar-refractivity contribution is 9.10. The van der Waals surface area contributed by atoms with Gasteiger partial charge in [-0.15, -0.1) is 0 Å². The van der Waals surface area contributed by atoms with Gasteiger partial charge in [-0.3, -0.25) is 4.79 Å². The van der Waals surface area contributed by atoms with Crippen LogP contribution in [0.1, 0.15) is 19.3 Å². The lowest BCUT2D eigenvalue weighted by Crippen LogP contribution is -2.28. The van der Waals surface area contributed by atoms with Crippen LogP contribution in [0.25, 0.3) is 0 Å². The zero-order valence-corrected chi connectivity index (χ0v) is 11.6. The van der Waals surface area contributed by atoms with E-state index in [2.05, 4.69) is 21.2 Å². The van der Waals surface area contributed by atoms with Gasteiger partial charge in [0, 0.05) is 12.5 Å². The molecule has 1 aliphatic rings. The molecule has 3 nitrogen and oxygen atoms in total. The number of hydrogen-bond acceptors (Lipinski definition) is 2. The van der Waals surface area contributed by atoms with Gasteiger partial charge < -0.3 is 11.1 Å². The lowest BCUT2D eigenvalue weighted by Gasteiger charge is -2.12. The van der Waals surface area contributed by atoms with Crippen molar-refractivity contribution in [3.63, 3.8) is 0 Å². The third-order valence-corrected chi connectivity index (χ3v) is 4.27. The van der Waals surface area contributed by atoms with E-state index in [0.29, 0.717) is 27.5 Å². The fourth-order valence-electron chi connectivity index (χ4n) is 1.71. The van der Waals surface area contributed by atoms with Crippen molar-refractivity contribution in [1.82, 2.24) is 0 Å². The minimum absolute atomic E-state index is 0.0204. The number of benzene rings is 1. The molecule has 0 radical (unpaired) electrons. The van der Waals surface area contributed by atoms with Crippen molar-refractivity contribution in [2.24, 2.45) is 11.7 Å². The first-order valence-corrected chi connectivity index (χ1v) is 6.74. The molecule has 1 unspecified atom stereocenters. The van der Waals surface area contributed by atoms with Crippen molar-refractivity contribution in [1.29, 1.82) is 0 Å². The number of nitrogens with one attached hydrogen (secondary N) is 1. The molecule has 0 aromatic heterocycles. The van der Waals surface area contributed by atoms with Crippen molar-refractivity contribution >= 4 is 39.1 Å². The topological polar surface area (TPSA) is 55.1 Å². The average Bonchev–Trinajstić information content (AvgIpc) is 3.08. The molecule has 5 heteroatoms. The number of anilines is 1. The summed E-state index contributed by atoms with van der Waals surface area (Å²) in [7, 11) is 0. The van der Waals surface area contributed by atoms with Crippen LogP contribution in [0, 0.1) is 5.92 Å². The van der Waals surface area contributed by atoms with E-state index in [-0.39, 0.29) is 11.9 Å². The Kier molecular flexibility index (Phi) is 4.07. The molecular formula is C12H14BrClN2O. The second-order valence-corrected chi connectivity index (χ2v) is 5.56. The zero-order chi connectivity index (χ0) is 12.4. The largest absolute Gasteiger partial charge is 0.327 e. The van der Waals surface area contributed by atoms with Crippen LogP contribution >= 0.6 is 27.5 Å². The normalized spacial score (nSPS) is 16.6. The second kappa shape index (κ2) is 5.38. The molecule has 1 fully saturated rings. The Bertz CT molecular complexity index is 435. The first kappa shape index (κ1) is 12.9. The standard InChI is InChI=1S/C12H14BrClN2O/c13-12-8(14)2-1-3-10(12)16-11(17)6-9(15)7-4-5-7/h1-3,7,9H,4-6,15H2,(H,16,17). The van der Waals surface area contributed by atoms with Crippen LogP contribution in [-0.2, 0) is 4.79 Å². The van der Waals surface area contributed by atoms with Crippen molar-refractivity contribution in [3.8, 4) is 0 Å². The molecule has 3 N–H and O–H groups in total. The molecular weight excluding hydrogens is 304 g/mol. The van der Waals surface area contributed by atoms with Crippen molar-refractivity contribution in [2.45, 2.75) is 25.3 Å². The number of carbonyl (C=O) groups is 1. The summed E-state index contributed by atoms with van der Waals surface area (Å²) in [5.41, 5.74) is 6.59. The Morgan fingerprint density at radius 3 is 2.94 bits per heavy atom. The van der Waals surface area contributed by atoms with E-state index >= 15 is 0 Å². The van der Waals surface area contributed by atoms with Gasteiger partial charge in [0.15, 0.2) is 0 Å². The number of amides is 1. The minimum Gasteiger partial charge on any atom is -0.327 e. The molecule has 0 saturated heterocycles. The van der Waals surface area contributed by atoms with E-state index in [1.165, 1.54) is 0 Å². The fourth-order valence-corrected chi connectivity index (χ4v) is 2.24. The van der Waals surface area contributed by atoms with Crippen LogP contribution < -0.4 is 11.1 Å². The molecule has 1 atom stereocenters. The first-order valence-electron chi connectivity index (χ1n) is 5.57. The van der Waals surface area contributed by atoms with Gasteiger partial charge in [-0.05, 0) is 46.8 Å². The maximum Gasteiger partial charge on any atom is 0.225 e. The zero-order valence-electron chi connectivity index (χ0n) is 9.25. The second-order valence-electron chi connectivity index (χ2n) is 4.35. The molecule has 1 saturated carbocycles. The Morgan fingerprint density at radius 2 is 2.29 bits per heavy atom. The maximum atomic E-state index is 11.8. The molecule has 1 aliphatic carbocycles. The smallest absolute Gasteiger partial charge is 0.225 e. The quantitative estimate of drug-likeness (QED) is 0.896. The lowest BCUT2D eigenvalue weighted by atomic mass is 10.1. The van der Waals surface area contributed by atoms with Crippen LogP contribution in [0.5, 0.6) is 0 Å². The predicted molar refractivity (Wildman–Crippen MR) is 73.1 cm³/mol. The van der Waals surface area contributed by atoms with Gasteiger partial charge in [0.25, 0.3) is 0 Å². The summed E-state index contributed by atoms with van der Waals surface area (Å²) in [6, 6.07) is 5.34. The molecule has 1 aromatic rings. The SMILES string of the molecule is NC(CC(=O)Nc1cccc(Cl)c1Br)C1CC1. The number of halogens is 2. The lowest BCUT2D eigenvalue weighted by molar-refractivity contribution is -0.116. The van der Waals surface area contributed by atoms with Crippen LogP contribution in [0.3, 0.4) is 0 Å². The fraction of sp³-hybridized carbons (Fsp3) is 0.417. The monoisotopic (exact) mass is 316 g/mol. The molecule has 0 bridgehead atoms. The molecule has 0 spiro atoms. The summed E-state index contributed by atoms with van der Waals surface area (Å²) in [6.07, 6.45) is 2.66. The van der Waals surface area contributed by atoms with E-state index in [9.17, 15) is 4.79 Å². The molecule has 0 aliphatic heterocycles. The highest BCUT2D eigenvalue weighted by Crippen LogP contribution is 2.33. The van der Waals surface area contributed by atoms with Crippen LogP contribution in [0.15, 0.2) is 22.7 Å². The summed E-state index contributed by atoms with van der Waals surface area (Å²) in [5.74, 6) is 0.468. The van der Waals surface area contributed by atoms with E-state index in [4.69, 9.17) is 17.3 Å². The van der Waals surface area contributed by atoms with Crippen molar-refractivity contribution in [2.75, 3.05) is 5.32 Å². The average molecular weight is 318 g/mol. The number of nitrogens with two attached hydrogens (primary N) is 1. The third kappa shape index (κ3) is 3.44. The molecule has 2 rings (SSSR count). The van der Waals surface area contributed by atoms with E-state index < -0.39 is 0 Å². The Morgan fingerprint density at radius 1 is 1.59 bits per heavy atom. The van der Waals surface area contributed by atoms with Crippen LogP contribution in [-0.4, -0.2) is 11.9 Å². The summed E-state index contributed by atoms with van der Waals surface area (Å²) in [4.78, 5) is 11.8. The Balaban J connectivity index is 1.95. The summed E-state index contributed by atoms with van der Waals surface area (Å²) < 4.78 is 0.704. The minimum atomic E-state index is -0.0626. The van der Waals surface area contributed by atoms with Gasteiger partial charge in [0.2, 0.25) is 5.91 Å². The predicted octanol–water partition coefficient (Wildman–Crippen LogP) is 3.17. The summed E-state index contributed by atoms with van der Waals surface area (Å²) >= 11 is 9.28. The maximum absolute atomic E-state index is 11.8. The third-order valence-electron chi connectivity index (χ3n) is 2.87. The van der Waals surface area contributed by atoms with E-state index in [1.54, 1.807) is 18.2 Å². The van der Waals surface area contributed by atoms with Gasteiger partial charge >= 0.3 is 0 Å². The van der Waals surface area contributed by atoms with Crippen molar-refractivity contribution < 1.29 is 4.79 Å². The summed E-state index contributed by atoms with van der Waals surface area (Å²) in [6.45, 7) is 0. The van der Waals surface area contributed by atoms with Gasteiger partial charge in [-0.2, -0.15) is 0 Å². The molecule has 1 aromatic carbocycles. The first-order chi connectivity index (χ1) is 8.08. The number of hydrogen-bond donors (Lipinski definition) is 2. The van der Waals surface area contributed by atoms with Gasteiger partial charge in [0.1, 0.15) is 0 Å². The number of carbonyl (C=O) groups excluding carboxylic acids is 1. The van der Waals surface area contributed by atoms with Gasteiger partial charge in [-0.25, -0.2) is 0 Å². The summed E-state index contributed by atoms with van der Waals surface area (Å²) in [5, 5.41) is 3.39.